The van der Waals surface area contributed by atoms with E-state index in [0.717, 1.165) is 5.75 Å². The lowest BCUT2D eigenvalue weighted by Crippen LogP contribution is -2.43. The molecule has 1 atom stereocenters. The van der Waals surface area contributed by atoms with Gasteiger partial charge < -0.3 is 9.64 Å². The third-order valence-corrected chi connectivity index (χ3v) is 5.68. The smallest absolute Gasteiger partial charge is 0.119 e. The fourth-order valence-corrected chi connectivity index (χ4v) is 4.58. The molecule has 1 fully saturated rings. The number of hydrogen-bond acceptors (Lipinski definition) is 2. The molecule has 0 radical (unpaired) electrons. The van der Waals surface area contributed by atoms with E-state index < -0.39 is 0 Å². The van der Waals surface area contributed by atoms with Crippen LogP contribution in [0.3, 0.4) is 0 Å². The van der Waals surface area contributed by atoms with Gasteiger partial charge in [0.25, 0.3) is 0 Å². The van der Waals surface area contributed by atoms with Gasteiger partial charge in [-0.1, -0.05) is 19.3 Å². The number of rotatable bonds is 2. The molecule has 2 aliphatic rings. The van der Waals surface area contributed by atoms with Crippen LogP contribution < -0.4 is 4.74 Å². The van der Waals surface area contributed by atoms with E-state index in [1.165, 1.54) is 48.8 Å². The van der Waals surface area contributed by atoms with Gasteiger partial charge in [-0.2, -0.15) is 0 Å². The SMILES string of the molecule is COc1cc(C)c2c(c1)C1(CCCCC1)N(/C=N/C(C)(C)C)C2C. The number of nitrogens with zero attached hydrogens (tertiary/aromatic N) is 2. The number of benzene rings is 1. The lowest BCUT2D eigenvalue weighted by molar-refractivity contribution is 0.114. The second kappa shape index (κ2) is 6.09. The Hall–Kier alpha value is -1.51. The number of methoxy groups -OCH3 is 1. The summed E-state index contributed by atoms with van der Waals surface area (Å²) in [5.74, 6) is 0.984. The minimum absolute atomic E-state index is 0.0446. The summed E-state index contributed by atoms with van der Waals surface area (Å²) in [7, 11) is 1.77. The molecular formula is C21H32N2O. The molecule has 132 valence electrons. The summed E-state index contributed by atoms with van der Waals surface area (Å²) in [5, 5.41) is 0. The van der Waals surface area contributed by atoms with Crippen molar-refractivity contribution in [2.75, 3.05) is 7.11 Å². The molecule has 3 rings (SSSR count). The van der Waals surface area contributed by atoms with E-state index in [9.17, 15) is 0 Å². The van der Waals surface area contributed by atoms with E-state index in [4.69, 9.17) is 9.73 Å². The monoisotopic (exact) mass is 328 g/mol. The maximum atomic E-state index is 5.59. The van der Waals surface area contributed by atoms with Crippen LogP contribution in [0.15, 0.2) is 17.1 Å². The third-order valence-electron chi connectivity index (χ3n) is 5.68. The number of aliphatic imine (C=N–C) groups is 1. The molecule has 1 aromatic carbocycles. The molecule has 0 amide bonds. The van der Waals surface area contributed by atoms with E-state index >= 15 is 0 Å². The Labute approximate surface area is 147 Å². The number of aryl methyl sites for hydroxylation is 1. The Kier molecular flexibility index (Phi) is 4.39. The first kappa shape index (κ1) is 17.3. The number of fused-ring (bicyclic) bond motifs is 2. The van der Waals surface area contributed by atoms with Crippen molar-refractivity contribution in [2.45, 2.75) is 83.8 Å². The zero-order valence-corrected chi connectivity index (χ0v) is 16.1. The van der Waals surface area contributed by atoms with Crippen LogP contribution in [0.1, 0.15) is 82.5 Å². The molecule has 24 heavy (non-hydrogen) atoms. The Morgan fingerprint density at radius 3 is 2.46 bits per heavy atom. The summed E-state index contributed by atoms with van der Waals surface area (Å²) in [6.45, 7) is 11.0. The summed E-state index contributed by atoms with van der Waals surface area (Å²) in [6, 6.07) is 4.83. The van der Waals surface area contributed by atoms with Crippen LogP contribution in [0.2, 0.25) is 0 Å². The highest BCUT2D eigenvalue weighted by Crippen LogP contribution is 2.54. The van der Waals surface area contributed by atoms with Crippen LogP contribution in [0.5, 0.6) is 5.75 Å². The van der Waals surface area contributed by atoms with Gasteiger partial charge in [0, 0.05) is 0 Å². The van der Waals surface area contributed by atoms with Crippen molar-refractivity contribution in [3.63, 3.8) is 0 Å². The zero-order chi connectivity index (χ0) is 17.5. The van der Waals surface area contributed by atoms with Crippen LogP contribution >= 0.6 is 0 Å². The van der Waals surface area contributed by atoms with Gasteiger partial charge in [-0.25, -0.2) is 0 Å². The van der Waals surface area contributed by atoms with Crippen molar-refractivity contribution < 1.29 is 4.74 Å². The van der Waals surface area contributed by atoms with Gasteiger partial charge in [-0.3, -0.25) is 4.99 Å². The fraction of sp³-hybridized carbons (Fsp3) is 0.667. The highest BCUT2D eigenvalue weighted by molar-refractivity contribution is 5.64. The quantitative estimate of drug-likeness (QED) is 0.539. The van der Waals surface area contributed by atoms with Crippen LogP contribution in [-0.2, 0) is 5.54 Å². The standard InChI is InChI=1S/C21H32N2O/c1-15-12-17(24-6)13-18-19(15)16(2)23(14-22-20(3,4)5)21(18)10-8-7-9-11-21/h12-14,16H,7-11H2,1-6H3/b22-14+. The molecule has 0 aromatic heterocycles. The molecule has 1 heterocycles. The Morgan fingerprint density at radius 1 is 1.21 bits per heavy atom. The van der Waals surface area contributed by atoms with Crippen LogP contribution in [0, 0.1) is 6.92 Å². The van der Waals surface area contributed by atoms with Crippen molar-refractivity contribution in [1.29, 1.82) is 0 Å². The Balaban J connectivity index is 2.14. The first-order valence-electron chi connectivity index (χ1n) is 9.31. The largest absolute Gasteiger partial charge is 0.497 e. The molecule has 0 saturated heterocycles. The highest BCUT2D eigenvalue weighted by Gasteiger charge is 2.48. The summed E-state index contributed by atoms with van der Waals surface area (Å²) in [4.78, 5) is 7.41. The van der Waals surface area contributed by atoms with Gasteiger partial charge in [0.05, 0.1) is 30.6 Å². The summed E-state index contributed by atoms with van der Waals surface area (Å²) < 4.78 is 5.59. The van der Waals surface area contributed by atoms with Crippen molar-refractivity contribution in [3.8, 4) is 5.75 Å². The van der Waals surface area contributed by atoms with E-state index in [1.54, 1.807) is 7.11 Å². The topological polar surface area (TPSA) is 24.8 Å². The maximum Gasteiger partial charge on any atom is 0.119 e. The summed E-state index contributed by atoms with van der Waals surface area (Å²) in [6.07, 6.45) is 8.51. The first-order chi connectivity index (χ1) is 11.3. The van der Waals surface area contributed by atoms with Gasteiger partial charge in [0.15, 0.2) is 0 Å². The predicted octanol–water partition coefficient (Wildman–Crippen LogP) is 5.37. The highest BCUT2D eigenvalue weighted by atomic mass is 16.5. The molecule has 0 bridgehead atoms. The average molecular weight is 328 g/mol. The van der Waals surface area contributed by atoms with Crippen LogP contribution in [0.25, 0.3) is 0 Å². The van der Waals surface area contributed by atoms with Crippen molar-refractivity contribution in [3.05, 3.63) is 28.8 Å². The third kappa shape index (κ3) is 2.82. The van der Waals surface area contributed by atoms with E-state index in [2.05, 4.69) is 58.0 Å². The van der Waals surface area contributed by atoms with Crippen molar-refractivity contribution >= 4 is 6.34 Å². The van der Waals surface area contributed by atoms with E-state index in [-0.39, 0.29) is 11.1 Å². The molecule has 1 aromatic rings. The van der Waals surface area contributed by atoms with Gasteiger partial charge in [0.1, 0.15) is 5.75 Å². The Bertz CT molecular complexity index is 636. The zero-order valence-electron chi connectivity index (χ0n) is 16.1. The molecule has 1 aliphatic carbocycles. The van der Waals surface area contributed by atoms with Crippen molar-refractivity contribution in [2.24, 2.45) is 4.99 Å². The number of hydrogen-bond donors (Lipinski definition) is 0. The lowest BCUT2D eigenvalue weighted by atomic mass is 9.76. The molecule has 3 nitrogen and oxygen atoms in total. The van der Waals surface area contributed by atoms with E-state index in [0.29, 0.717) is 6.04 Å². The van der Waals surface area contributed by atoms with Crippen LogP contribution in [0.4, 0.5) is 0 Å². The average Bonchev–Trinajstić information content (AvgIpc) is 2.74. The molecular weight excluding hydrogens is 296 g/mol. The van der Waals surface area contributed by atoms with Gasteiger partial charge >= 0.3 is 0 Å². The van der Waals surface area contributed by atoms with Crippen molar-refractivity contribution in [1.82, 2.24) is 4.90 Å². The minimum Gasteiger partial charge on any atom is -0.497 e. The van der Waals surface area contributed by atoms with Gasteiger partial charge in [-0.15, -0.1) is 0 Å². The molecule has 1 aliphatic heterocycles. The normalized spacial score (nSPS) is 23.1. The lowest BCUT2D eigenvalue weighted by Gasteiger charge is -2.43. The molecule has 1 spiro atoms. The molecule has 0 N–H and O–H groups in total. The molecule has 1 unspecified atom stereocenters. The first-order valence-corrected chi connectivity index (χ1v) is 9.31. The molecule has 1 saturated carbocycles. The maximum absolute atomic E-state index is 5.59. The van der Waals surface area contributed by atoms with Gasteiger partial charge in [0.2, 0.25) is 0 Å². The summed E-state index contributed by atoms with van der Waals surface area (Å²) in [5.41, 5.74) is 4.36. The fourth-order valence-electron chi connectivity index (χ4n) is 4.58. The minimum atomic E-state index is -0.0446. The second-order valence-corrected chi connectivity index (χ2v) is 8.50. The van der Waals surface area contributed by atoms with Gasteiger partial charge in [-0.05, 0) is 76.3 Å². The van der Waals surface area contributed by atoms with Crippen LogP contribution in [-0.4, -0.2) is 23.9 Å². The Morgan fingerprint density at radius 2 is 1.88 bits per heavy atom. The predicted molar refractivity (Wildman–Crippen MR) is 101 cm³/mol. The number of ether oxygens (including phenoxy) is 1. The molecule has 3 heteroatoms. The van der Waals surface area contributed by atoms with E-state index in [1.807, 2.05) is 0 Å². The second-order valence-electron chi connectivity index (χ2n) is 8.50. The summed E-state index contributed by atoms with van der Waals surface area (Å²) >= 11 is 0.